The van der Waals surface area contributed by atoms with E-state index in [4.69, 9.17) is 9.79 Å². The Labute approximate surface area is 155 Å². The van der Waals surface area contributed by atoms with Crippen LogP contribution in [0.4, 0.5) is 14.5 Å². The van der Waals surface area contributed by atoms with Gasteiger partial charge in [-0.25, -0.2) is 0 Å². The summed E-state index contributed by atoms with van der Waals surface area (Å²) in [6.07, 6.45) is 0. The second-order valence-electron chi connectivity index (χ2n) is 5.53. The monoisotopic (exact) mass is 408 g/mol. The Balaban J connectivity index is 2.07. The van der Waals surface area contributed by atoms with Gasteiger partial charge >= 0.3 is 13.3 Å². The normalized spacial score (nSPS) is 12.0. The molecular formula is C17H11F2N2O4PS. The molecule has 0 spiro atoms. The number of alkyl halides is 2. The maximum atomic E-state index is 14.1. The molecule has 1 amide bonds. The van der Waals surface area contributed by atoms with E-state index in [0.29, 0.717) is 17.0 Å². The van der Waals surface area contributed by atoms with E-state index >= 15 is 0 Å². The van der Waals surface area contributed by atoms with Crippen molar-refractivity contribution in [2.45, 2.75) is 5.66 Å². The molecule has 2 aromatic carbocycles. The van der Waals surface area contributed by atoms with Crippen molar-refractivity contribution >= 4 is 40.6 Å². The van der Waals surface area contributed by atoms with E-state index in [9.17, 15) is 23.4 Å². The van der Waals surface area contributed by atoms with Gasteiger partial charge in [0.15, 0.2) is 0 Å². The van der Waals surface area contributed by atoms with Gasteiger partial charge < -0.3 is 15.1 Å². The predicted octanol–water partition coefficient (Wildman–Crippen LogP) is 4.25. The number of carbonyl (C=O) groups is 1. The zero-order chi connectivity index (χ0) is 19.8. The third kappa shape index (κ3) is 3.48. The Bertz CT molecular complexity index is 1120. The molecule has 0 saturated heterocycles. The number of fused-ring (bicyclic) bond motifs is 1. The molecule has 27 heavy (non-hydrogen) atoms. The number of hydrogen-bond acceptors (Lipinski definition) is 4. The van der Waals surface area contributed by atoms with Crippen LogP contribution in [0.1, 0.15) is 20.8 Å². The van der Waals surface area contributed by atoms with Crippen molar-refractivity contribution in [3.8, 4) is 6.07 Å². The summed E-state index contributed by atoms with van der Waals surface area (Å²) in [5.41, 5.74) is -4.40. The summed E-state index contributed by atoms with van der Waals surface area (Å²) in [4.78, 5) is 29.2. The van der Waals surface area contributed by atoms with Gasteiger partial charge in [-0.15, -0.1) is 11.3 Å². The summed E-state index contributed by atoms with van der Waals surface area (Å²) < 4.78 is 39.6. The van der Waals surface area contributed by atoms with Gasteiger partial charge in [0.05, 0.1) is 5.56 Å². The number of nitriles is 1. The Hall–Kier alpha value is -2.63. The molecule has 6 nitrogen and oxygen atoms in total. The van der Waals surface area contributed by atoms with Crippen molar-refractivity contribution in [2.24, 2.45) is 0 Å². The van der Waals surface area contributed by atoms with Gasteiger partial charge in [-0.05, 0) is 30.3 Å². The molecule has 0 saturated carbocycles. The molecule has 1 aromatic heterocycles. The maximum Gasteiger partial charge on any atom is 0.400 e. The van der Waals surface area contributed by atoms with Gasteiger partial charge in [0, 0.05) is 21.3 Å². The molecule has 138 valence electrons. The maximum absolute atomic E-state index is 14.1. The first-order valence-electron chi connectivity index (χ1n) is 7.42. The smallest absolute Gasteiger partial charge is 0.322 e. The predicted molar refractivity (Wildman–Crippen MR) is 96.9 cm³/mol. The number of benzene rings is 2. The molecular weight excluding hydrogens is 397 g/mol. The SMILES string of the molecule is N#Cc1c(C(F)(F)P(=O)(O)O)sc2ccc(C(=O)Nc3ccccc3)cc12. The highest BCUT2D eigenvalue weighted by Crippen LogP contribution is 2.62. The molecule has 0 unspecified atom stereocenters. The molecule has 0 aliphatic rings. The number of para-hydroxylation sites is 1. The van der Waals surface area contributed by atoms with Crippen molar-refractivity contribution in [1.29, 1.82) is 5.26 Å². The van der Waals surface area contributed by atoms with Crippen LogP contribution in [0.2, 0.25) is 0 Å². The standard InChI is InChI=1S/C17H11F2N2O4PS/c18-17(19,26(23,24)25)15-13(9-20)12-8-10(6-7-14(12)27-15)16(22)21-11-4-2-1-3-5-11/h1-8H,(H,21,22)(H2,23,24,25). The molecule has 3 aromatic rings. The number of nitrogens with one attached hydrogen (secondary N) is 1. The highest BCUT2D eigenvalue weighted by atomic mass is 32.1. The van der Waals surface area contributed by atoms with E-state index in [2.05, 4.69) is 5.32 Å². The van der Waals surface area contributed by atoms with Crippen LogP contribution in [-0.2, 0) is 10.2 Å². The number of rotatable bonds is 4. The largest absolute Gasteiger partial charge is 0.400 e. The first kappa shape index (κ1) is 19.1. The second-order valence-corrected chi connectivity index (χ2v) is 8.24. The lowest BCUT2D eigenvalue weighted by Crippen LogP contribution is -2.13. The molecule has 0 atom stereocenters. The summed E-state index contributed by atoms with van der Waals surface area (Å²) >= 11 is 0.410. The average Bonchev–Trinajstić information content (AvgIpc) is 3.00. The first-order chi connectivity index (χ1) is 12.6. The van der Waals surface area contributed by atoms with Crippen LogP contribution in [0.15, 0.2) is 48.5 Å². The molecule has 0 aliphatic carbocycles. The van der Waals surface area contributed by atoms with Gasteiger partial charge in [0.1, 0.15) is 10.9 Å². The lowest BCUT2D eigenvalue weighted by Gasteiger charge is -2.16. The minimum Gasteiger partial charge on any atom is -0.322 e. The molecule has 3 N–H and O–H groups in total. The summed E-state index contributed by atoms with van der Waals surface area (Å²) in [5, 5.41) is 11.9. The van der Waals surface area contributed by atoms with Crippen LogP contribution in [0.5, 0.6) is 0 Å². The molecule has 0 radical (unpaired) electrons. The van der Waals surface area contributed by atoms with Crippen LogP contribution < -0.4 is 5.32 Å². The molecule has 0 bridgehead atoms. The number of carbonyl (C=O) groups excluding carboxylic acids is 1. The summed E-state index contributed by atoms with van der Waals surface area (Å²) in [5.74, 6) is -0.513. The molecule has 0 aliphatic heterocycles. The average molecular weight is 408 g/mol. The summed E-state index contributed by atoms with van der Waals surface area (Å²) in [7, 11) is -5.82. The Morgan fingerprint density at radius 2 is 1.85 bits per heavy atom. The Morgan fingerprint density at radius 3 is 2.44 bits per heavy atom. The number of hydrogen-bond donors (Lipinski definition) is 3. The number of nitrogens with zero attached hydrogens (tertiary/aromatic N) is 1. The van der Waals surface area contributed by atoms with Crippen molar-refractivity contribution in [2.75, 3.05) is 5.32 Å². The molecule has 1 heterocycles. The van der Waals surface area contributed by atoms with Gasteiger partial charge in [0.2, 0.25) is 0 Å². The highest BCUT2D eigenvalue weighted by molar-refractivity contribution is 7.53. The zero-order valence-electron chi connectivity index (χ0n) is 13.4. The van der Waals surface area contributed by atoms with Crippen LogP contribution in [0, 0.1) is 11.3 Å². The number of amides is 1. The van der Waals surface area contributed by atoms with E-state index in [1.165, 1.54) is 18.2 Å². The lowest BCUT2D eigenvalue weighted by atomic mass is 10.1. The topological polar surface area (TPSA) is 110 Å². The molecule has 0 fully saturated rings. The number of thiophene rings is 1. The van der Waals surface area contributed by atoms with Crippen LogP contribution in [0.25, 0.3) is 10.1 Å². The number of halogens is 2. The fourth-order valence-electron chi connectivity index (χ4n) is 2.42. The quantitative estimate of drug-likeness (QED) is 0.559. The lowest BCUT2D eigenvalue weighted by molar-refractivity contribution is 0.0599. The highest BCUT2D eigenvalue weighted by Gasteiger charge is 2.53. The third-order valence-corrected chi connectivity index (χ3v) is 6.08. The van der Waals surface area contributed by atoms with Gasteiger partial charge in [-0.1, -0.05) is 18.2 Å². The fourth-order valence-corrected chi connectivity index (χ4v) is 4.30. The zero-order valence-corrected chi connectivity index (χ0v) is 15.1. The van der Waals surface area contributed by atoms with Gasteiger partial charge in [0.25, 0.3) is 5.91 Å². The van der Waals surface area contributed by atoms with Crippen LogP contribution in [0.3, 0.4) is 0 Å². The fraction of sp³-hybridized carbons (Fsp3) is 0.0588. The molecule has 10 heteroatoms. The Kier molecular flexibility index (Phi) is 4.84. The minimum atomic E-state index is -5.82. The third-order valence-electron chi connectivity index (χ3n) is 3.73. The van der Waals surface area contributed by atoms with E-state index in [-0.39, 0.29) is 15.6 Å². The van der Waals surface area contributed by atoms with Crippen molar-refractivity contribution in [1.82, 2.24) is 0 Å². The van der Waals surface area contributed by atoms with E-state index < -0.39 is 29.6 Å². The van der Waals surface area contributed by atoms with Crippen molar-refractivity contribution < 1.29 is 27.9 Å². The van der Waals surface area contributed by atoms with E-state index in [1.807, 2.05) is 0 Å². The minimum absolute atomic E-state index is 0.0336. The van der Waals surface area contributed by atoms with Crippen molar-refractivity contribution in [3.05, 3.63) is 64.5 Å². The van der Waals surface area contributed by atoms with Gasteiger partial charge in [-0.2, -0.15) is 14.0 Å². The molecule has 3 rings (SSSR count). The van der Waals surface area contributed by atoms with Crippen LogP contribution in [-0.4, -0.2) is 15.7 Å². The second kappa shape index (κ2) is 6.83. The Morgan fingerprint density at radius 1 is 1.19 bits per heavy atom. The van der Waals surface area contributed by atoms with Gasteiger partial charge in [-0.3, -0.25) is 9.36 Å². The van der Waals surface area contributed by atoms with Crippen molar-refractivity contribution in [3.63, 3.8) is 0 Å². The summed E-state index contributed by atoms with van der Waals surface area (Å²) in [6.45, 7) is 0. The first-order valence-corrected chi connectivity index (χ1v) is 9.85. The van der Waals surface area contributed by atoms with E-state index in [0.717, 1.165) is 0 Å². The number of anilines is 1. The van der Waals surface area contributed by atoms with E-state index in [1.54, 1.807) is 36.4 Å². The summed E-state index contributed by atoms with van der Waals surface area (Å²) in [6, 6.07) is 14.1. The van der Waals surface area contributed by atoms with Crippen LogP contribution >= 0.6 is 18.9 Å².